The molecule has 2 N–H and O–H groups in total. The fourth-order valence-electron chi connectivity index (χ4n) is 4.73. The normalized spacial score (nSPS) is 14.8. The zero-order valence-electron chi connectivity index (χ0n) is 21.1. The highest BCUT2D eigenvalue weighted by atomic mass is 19.1. The summed E-state index contributed by atoms with van der Waals surface area (Å²) in [5, 5.41) is 14.5. The summed E-state index contributed by atoms with van der Waals surface area (Å²) in [4.78, 5) is 22.2. The van der Waals surface area contributed by atoms with E-state index in [4.69, 9.17) is 4.74 Å². The number of anilines is 1. The number of hydrogen-bond donors (Lipinski definition) is 2. The zero-order chi connectivity index (χ0) is 26.2. The van der Waals surface area contributed by atoms with Gasteiger partial charge in [-0.05, 0) is 36.9 Å². The highest BCUT2D eigenvalue weighted by molar-refractivity contribution is 6.07. The van der Waals surface area contributed by atoms with Gasteiger partial charge in [0.2, 0.25) is 0 Å². The first-order valence-electron chi connectivity index (χ1n) is 12.4. The molecule has 0 saturated carbocycles. The maximum atomic E-state index is 15.3. The second-order valence-corrected chi connectivity index (χ2v) is 9.48. The van der Waals surface area contributed by atoms with Crippen molar-refractivity contribution in [3.05, 3.63) is 71.8 Å². The number of fused-ring (bicyclic) bond motifs is 2. The van der Waals surface area contributed by atoms with Crippen LogP contribution in [0.5, 0.6) is 5.75 Å². The predicted octanol–water partition coefficient (Wildman–Crippen LogP) is 3.42. The number of H-pyrrole nitrogens is 1. The van der Waals surface area contributed by atoms with Gasteiger partial charge in [0.05, 0.1) is 24.2 Å². The van der Waals surface area contributed by atoms with E-state index in [0.717, 1.165) is 38.3 Å². The number of rotatable bonds is 6. The number of aromatic amines is 1. The molecule has 5 heterocycles. The summed E-state index contributed by atoms with van der Waals surface area (Å²) in [6.45, 7) is 4.84. The Morgan fingerprint density at radius 1 is 1.16 bits per heavy atom. The molecule has 1 amide bonds. The van der Waals surface area contributed by atoms with Crippen LogP contribution in [0.3, 0.4) is 0 Å². The van der Waals surface area contributed by atoms with Crippen LogP contribution in [0.1, 0.15) is 15.9 Å². The maximum Gasteiger partial charge on any atom is 0.256 e. The lowest BCUT2D eigenvalue weighted by molar-refractivity contribution is 0.102. The van der Waals surface area contributed by atoms with E-state index in [0.29, 0.717) is 33.4 Å². The van der Waals surface area contributed by atoms with Crippen molar-refractivity contribution in [3.8, 4) is 17.0 Å². The topological polar surface area (TPSA) is 104 Å². The van der Waals surface area contributed by atoms with Crippen molar-refractivity contribution in [1.29, 1.82) is 0 Å². The number of piperazine rings is 1. The van der Waals surface area contributed by atoms with Crippen LogP contribution in [0.25, 0.3) is 27.8 Å². The number of carbonyl (C=O) groups is 1. The summed E-state index contributed by atoms with van der Waals surface area (Å²) in [5.74, 6) is -0.0343. The lowest BCUT2D eigenvalue weighted by Crippen LogP contribution is -2.43. The first kappa shape index (κ1) is 24.0. The van der Waals surface area contributed by atoms with Crippen molar-refractivity contribution in [2.75, 3.05) is 45.7 Å². The SMILES string of the molecule is COc1ccn2ncc(-c3nc4[nH]nc(NC(=O)c5cccc(CN6CCN(C)CC6)c5)c4cc3F)c2c1. The number of likely N-dealkylation sites (N-methyl/N-ethyl adjacent to an activating group) is 1. The number of nitrogens with one attached hydrogen (secondary N) is 2. The van der Waals surface area contributed by atoms with E-state index < -0.39 is 5.82 Å². The van der Waals surface area contributed by atoms with Gasteiger partial charge in [-0.25, -0.2) is 13.9 Å². The van der Waals surface area contributed by atoms with Crippen LogP contribution in [0.15, 0.2) is 54.9 Å². The third kappa shape index (κ3) is 4.57. The fourth-order valence-corrected chi connectivity index (χ4v) is 4.73. The molecule has 5 aromatic rings. The highest BCUT2D eigenvalue weighted by Crippen LogP contribution is 2.31. The number of ether oxygens (including phenoxy) is 1. The molecular formula is C27H27FN8O2. The van der Waals surface area contributed by atoms with Crippen molar-refractivity contribution in [2.24, 2.45) is 0 Å². The van der Waals surface area contributed by atoms with E-state index in [1.54, 1.807) is 42.2 Å². The molecule has 0 aliphatic carbocycles. The number of pyridine rings is 2. The van der Waals surface area contributed by atoms with Gasteiger partial charge in [-0.2, -0.15) is 10.2 Å². The first-order chi connectivity index (χ1) is 18.5. The van der Waals surface area contributed by atoms with Gasteiger partial charge >= 0.3 is 0 Å². The Hall–Kier alpha value is -4.35. The average molecular weight is 515 g/mol. The lowest BCUT2D eigenvalue weighted by atomic mass is 10.1. The van der Waals surface area contributed by atoms with Crippen LogP contribution >= 0.6 is 0 Å². The number of nitrogens with zero attached hydrogens (tertiary/aromatic N) is 6. The minimum atomic E-state index is -0.554. The monoisotopic (exact) mass is 514 g/mol. The van der Waals surface area contributed by atoms with Crippen molar-refractivity contribution in [1.82, 2.24) is 34.6 Å². The van der Waals surface area contributed by atoms with E-state index in [1.165, 1.54) is 6.07 Å². The molecule has 0 bridgehead atoms. The Morgan fingerprint density at radius 3 is 2.82 bits per heavy atom. The fraction of sp³-hybridized carbons (Fsp3) is 0.259. The quantitative estimate of drug-likeness (QED) is 0.358. The Bertz CT molecular complexity index is 1640. The maximum absolute atomic E-state index is 15.3. The van der Waals surface area contributed by atoms with E-state index in [-0.39, 0.29) is 17.4 Å². The van der Waals surface area contributed by atoms with Gasteiger partial charge in [0.25, 0.3) is 5.91 Å². The molecule has 0 unspecified atom stereocenters. The molecule has 1 fully saturated rings. The summed E-state index contributed by atoms with van der Waals surface area (Å²) in [7, 11) is 3.69. The van der Waals surface area contributed by atoms with Gasteiger partial charge < -0.3 is 15.0 Å². The van der Waals surface area contributed by atoms with Crippen LogP contribution in [-0.2, 0) is 6.54 Å². The Labute approximate surface area is 218 Å². The van der Waals surface area contributed by atoms with Gasteiger partial charge in [0.1, 0.15) is 11.4 Å². The number of aromatic nitrogens is 5. The molecule has 10 nitrogen and oxygen atoms in total. The molecule has 1 aromatic carbocycles. The largest absolute Gasteiger partial charge is 0.497 e. The van der Waals surface area contributed by atoms with Crippen molar-refractivity contribution in [2.45, 2.75) is 6.54 Å². The minimum Gasteiger partial charge on any atom is -0.497 e. The average Bonchev–Trinajstić information content (AvgIpc) is 3.53. The Balaban J connectivity index is 1.24. The molecule has 0 radical (unpaired) electrons. The second-order valence-electron chi connectivity index (χ2n) is 9.48. The highest BCUT2D eigenvalue weighted by Gasteiger charge is 2.20. The molecule has 11 heteroatoms. The second kappa shape index (κ2) is 9.84. The van der Waals surface area contributed by atoms with Gasteiger partial charge in [-0.15, -0.1) is 0 Å². The van der Waals surface area contributed by atoms with Gasteiger partial charge in [0, 0.05) is 56.1 Å². The molecule has 0 spiro atoms. The smallest absolute Gasteiger partial charge is 0.256 e. The molecule has 0 atom stereocenters. The number of halogens is 1. The van der Waals surface area contributed by atoms with Crippen molar-refractivity contribution >= 4 is 28.3 Å². The molecule has 1 aliphatic heterocycles. The molecular weight excluding hydrogens is 487 g/mol. The van der Waals surface area contributed by atoms with Crippen molar-refractivity contribution < 1.29 is 13.9 Å². The zero-order valence-corrected chi connectivity index (χ0v) is 21.1. The number of hydrogen-bond acceptors (Lipinski definition) is 7. The predicted molar refractivity (Wildman–Crippen MR) is 142 cm³/mol. The number of carbonyl (C=O) groups excluding carboxylic acids is 1. The van der Waals surface area contributed by atoms with Gasteiger partial charge in [0.15, 0.2) is 17.3 Å². The van der Waals surface area contributed by atoms with Gasteiger partial charge in [-0.3, -0.25) is 14.8 Å². The summed E-state index contributed by atoms with van der Waals surface area (Å²) in [6, 6.07) is 12.4. The number of benzene rings is 1. The molecule has 194 valence electrons. The molecule has 6 rings (SSSR count). The van der Waals surface area contributed by atoms with Crippen LogP contribution in [0.2, 0.25) is 0 Å². The van der Waals surface area contributed by atoms with Gasteiger partial charge in [-0.1, -0.05) is 12.1 Å². The molecule has 38 heavy (non-hydrogen) atoms. The summed E-state index contributed by atoms with van der Waals surface area (Å²) >= 11 is 0. The summed E-state index contributed by atoms with van der Waals surface area (Å²) in [6.07, 6.45) is 3.29. The third-order valence-electron chi connectivity index (χ3n) is 6.91. The molecule has 4 aromatic heterocycles. The van der Waals surface area contributed by atoms with Crippen LogP contribution in [0, 0.1) is 5.82 Å². The lowest BCUT2D eigenvalue weighted by Gasteiger charge is -2.32. The molecule has 1 aliphatic rings. The van der Waals surface area contributed by atoms with E-state index in [1.807, 2.05) is 18.2 Å². The minimum absolute atomic E-state index is 0.124. The Morgan fingerprint density at radius 2 is 2.00 bits per heavy atom. The standard InChI is InChI=1S/C27H27FN8O2/c1-34-8-10-35(11-9-34)16-17-4-3-5-18(12-17)27(37)31-26-20-14-22(28)24(30-25(20)32-33-26)21-15-29-36-7-6-19(38-2)13-23(21)36/h3-7,12-15H,8-11,16H2,1-2H3,(H2,30,31,32,33,37). The number of amides is 1. The van der Waals surface area contributed by atoms with E-state index >= 15 is 4.39 Å². The Kier molecular flexibility index (Phi) is 6.22. The molecule has 1 saturated heterocycles. The van der Waals surface area contributed by atoms with E-state index in [9.17, 15) is 4.79 Å². The van der Waals surface area contributed by atoms with Crippen molar-refractivity contribution in [3.63, 3.8) is 0 Å². The summed E-state index contributed by atoms with van der Waals surface area (Å²) < 4.78 is 22.2. The number of methoxy groups -OCH3 is 1. The van der Waals surface area contributed by atoms with Crippen LogP contribution < -0.4 is 10.1 Å². The third-order valence-corrected chi connectivity index (χ3v) is 6.91. The van der Waals surface area contributed by atoms with Crippen LogP contribution in [-0.4, -0.2) is 80.8 Å². The van der Waals surface area contributed by atoms with E-state index in [2.05, 4.69) is 42.4 Å². The first-order valence-corrected chi connectivity index (χ1v) is 12.4. The van der Waals surface area contributed by atoms with Crippen LogP contribution in [0.4, 0.5) is 10.2 Å². The summed E-state index contributed by atoms with van der Waals surface area (Å²) in [5.41, 5.74) is 3.22.